The third-order valence-electron chi connectivity index (χ3n) is 3.25. The maximum absolute atomic E-state index is 10.2. The van der Waals surface area contributed by atoms with Crippen LogP contribution in [0.1, 0.15) is 30.9 Å². The summed E-state index contributed by atoms with van der Waals surface area (Å²) in [5, 5.41) is 0. The third-order valence-corrected chi connectivity index (χ3v) is 3.56. The van der Waals surface area contributed by atoms with Crippen LogP contribution in [-0.4, -0.2) is 32.7 Å². The van der Waals surface area contributed by atoms with Crippen LogP contribution in [0.25, 0.3) is 0 Å². The van der Waals surface area contributed by atoms with E-state index in [4.69, 9.17) is 37.4 Å². The first-order valence-electron chi connectivity index (χ1n) is 8.00. The number of rotatable bonds is 12. The Morgan fingerprint density at radius 2 is 1.96 bits per heavy atom. The van der Waals surface area contributed by atoms with E-state index in [1.807, 2.05) is 19.1 Å². The number of hydrogen-bond donors (Lipinski definition) is 0. The summed E-state index contributed by atoms with van der Waals surface area (Å²) in [6, 6.07) is 3.91. The summed E-state index contributed by atoms with van der Waals surface area (Å²) in [6.07, 6.45) is 4.51. The molecule has 4 nitrogen and oxygen atoms in total. The highest BCUT2D eigenvalue weighted by Crippen LogP contribution is 2.30. The highest BCUT2D eigenvalue weighted by molar-refractivity contribution is 6.55. The molecule has 134 valence electrons. The van der Waals surface area contributed by atoms with Crippen LogP contribution < -0.4 is 9.47 Å². The van der Waals surface area contributed by atoms with Crippen molar-refractivity contribution in [2.75, 3.05) is 26.4 Å². The Bertz CT molecular complexity index is 540. The number of aldehydes is 1. The van der Waals surface area contributed by atoms with Gasteiger partial charge in [-0.2, -0.15) is 0 Å². The molecule has 0 aliphatic heterocycles. The summed E-state index contributed by atoms with van der Waals surface area (Å²) in [7, 11) is 0. The lowest BCUT2D eigenvalue weighted by Gasteiger charge is -2.15. The van der Waals surface area contributed by atoms with Gasteiger partial charge in [-0.05, 0) is 42.7 Å². The molecule has 0 aliphatic carbocycles. The van der Waals surface area contributed by atoms with Crippen molar-refractivity contribution in [1.29, 1.82) is 0 Å². The Hall–Kier alpha value is -1.23. The molecule has 0 saturated carbocycles. The van der Waals surface area contributed by atoms with Crippen molar-refractivity contribution >= 4 is 29.5 Å². The number of halogens is 2. The molecule has 0 bridgehead atoms. The average Bonchev–Trinajstić information content (AvgIpc) is 2.54. The fourth-order valence-corrected chi connectivity index (χ4v) is 2.26. The minimum atomic E-state index is 0.192. The standard InChI is InChI=1S/C18H24Cl2O4/c1-3-15-13-16(23-11-6-17(19)20)12-14(2)18(15)24-10-5-9-22-8-4-7-21/h6-7,12-13H,3-5,8-11H2,1-2H3. The zero-order chi connectivity index (χ0) is 17.8. The zero-order valence-corrected chi connectivity index (χ0v) is 15.7. The lowest BCUT2D eigenvalue weighted by Crippen LogP contribution is -2.07. The molecule has 0 N–H and O–H groups in total. The van der Waals surface area contributed by atoms with Gasteiger partial charge < -0.3 is 19.0 Å². The lowest BCUT2D eigenvalue weighted by atomic mass is 10.1. The summed E-state index contributed by atoms with van der Waals surface area (Å²) in [6.45, 7) is 6.01. The van der Waals surface area contributed by atoms with E-state index in [1.54, 1.807) is 6.08 Å². The first kappa shape index (κ1) is 20.8. The molecule has 0 spiro atoms. The van der Waals surface area contributed by atoms with Crippen molar-refractivity contribution in [3.8, 4) is 11.5 Å². The third kappa shape index (κ3) is 8.04. The highest BCUT2D eigenvalue weighted by atomic mass is 35.5. The van der Waals surface area contributed by atoms with Crippen LogP contribution in [0.5, 0.6) is 11.5 Å². The van der Waals surface area contributed by atoms with Gasteiger partial charge in [-0.25, -0.2) is 0 Å². The van der Waals surface area contributed by atoms with Crippen molar-refractivity contribution in [3.05, 3.63) is 33.8 Å². The van der Waals surface area contributed by atoms with E-state index in [1.165, 1.54) is 0 Å². The first-order valence-corrected chi connectivity index (χ1v) is 8.75. The molecule has 1 aromatic carbocycles. The number of carbonyl (C=O) groups excluding carboxylic acids is 1. The maximum atomic E-state index is 10.2. The van der Waals surface area contributed by atoms with E-state index >= 15 is 0 Å². The Morgan fingerprint density at radius 3 is 2.62 bits per heavy atom. The van der Waals surface area contributed by atoms with Crippen LogP contribution in [0.15, 0.2) is 22.7 Å². The van der Waals surface area contributed by atoms with E-state index in [2.05, 4.69) is 6.92 Å². The molecular weight excluding hydrogens is 351 g/mol. The van der Waals surface area contributed by atoms with E-state index in [0.717, 1.165) is 41.8 Å². The van der Waals surface area contributed by atoms with Crippen LogP contribution in [0, 0.1) is 6.92 Å². The maximum Gasteiger partial charge on any atom is 0.125 e. The number of carbonyl (C=O) groups is 1. The predicted octanol–water partition coefficient (Wildman–Crippen LogP) is 4.63. The van der Waals surface area contributed by atoms with Gasteiger partial charge in [0.05, 0.1) is 13.2 Å². The molecule has 0 aliphatic rings. The van der Waals surface area contributed by atoms with Crippen molar-refractivity contribution < 1.29 is 19.0 Å². The fraction of sp³-hybridized carbons (Fsp3) is 0.500. The molecule has 1 rings (SSSR count). The van der Waals surface area contributed by atoms with E-state index in [9.17, 15) is 4.79 Å². The smallest absolute Gasteiger partial charge is 0.125 e. The summed E-state index contributed by atoms with van der Waals surface area (Å²) < 4.78 is 17.0. The number of benzene rings is 1. The second kappa shape index (κ2) is 12.2. The van der Waals surface area contributed by atoms with Crippen molar-refractivity contribution in [1.82, 2.24) is 0 Å². The SMILES string of the molecule is CCc1cc(OCC=C(Cl)Cl)cc(C)c1OCCCOCCC=O. The molecule has 6 heteroatoms. The Morgan fingerprint density at radius 1 is 1.17 bits per heavy atom. The molecule has 0 atom stereocenters. The Labute approximate surface area is 153 Å². The van der Waals surface area contributed by atoms with Gasteiger partial charge in [-0.1, -0.05) is 30.1 Å². The largest absolute Gasteiger partial charge is 0.493 e. The van der Waals surface area contributed by atoms with Crippen molar-refractivity contribution in [2.24, 2.45) is 0 Å². The van der Waals surface area contributed by atoms with Gasteiger partial charge in [0, 0.05) is 19.4 Å². The molecule has 0 aromatic heterocycles. The van der Waals surface area contributed by atoms with Crippen LogP contribution >= 0.6 is 23.2 Å². The van der Waals surface area contributed by atoms with Crippen molar-refractivity contribution in [2.45, 2.75) is 33.1 Å². The Balaban J connectivity index is 2.54. The predicted molar refractivity (Wildman–Crippen MR) is 97.5 cm³/mol. The Kier molecular flexibility index (Phi) is 10.6. The molecule has 1 aromatic rings. The molecular formula is C18H24Cl2O4. The van der Waals surface area contributed by atoms with E-state index < -0.39 is 0 Å². The number of ether oxygens (including phenoxy) is 3. The summed E-state index contributed by atoms with van der Waals surface area (Å²) in [5.74, 6) is 1.66. The molecule has 0 fully saturated rings. The number of hydrogen-bond acceptors (Lipinski definition) is 4. The molecule has 0 saturated heterocycles. The normalized spacial score (nSPS) is 10.3. The van der Waals surface area contributed by atoms with Crippen LogP contribution in [0.2, 0.25) is 0 Å². The topological polar surface area (TPSA) is 44.8 Å². The number of aryl methyl sites for hydroxylation is 2. The quantitative estimate of drug-likeness (QED) is 0.395. The molecule has 0 radical (unpaired) electrons. The van der Waals surface area contributed by atoms with Gasteiger partial charge in [0.25, 0.3) is 0 Å². The van der Waals surface area contributed by atoms with Gasteiger partial charge in [-0.15, -0.1) is 0 Å². The summed E-state index contributed by atoms with van der Waals surface area (Å²) in [4.78, 5) is 10.2. The van der Waals surface area contributed by atoms with Gasteiger partial charge in [-0.3, -0.25) is 0 Å². The van der Waals surface area contributed by atoms with E-state index in [0.29, 0.717) is 32.8 Å². The van der Waals surface area contributed by atoms with E-state index in [-0.39, 0.29) is 4.49 Å². The van der Waals surface area contributed by atoms with Crippen molar-refractivity contribution in [3.63, 3.8) is 0 Å². The molecule has 24 heavy (non-hydrogen) atoms. The van der Waals surface area contributed by atoms with Crippen LogP contribution in [0.4, 0.5) is 0 Å². The first-order chi connectivity index (χ1) is 11.6. The second-order valence-electron chi connectivity index (χ2n) is 5.16. The van der Waals surface area contributed by atoms with Gasteiger partial charge >= 0.3 is 0 Å². The lowest BCUT2D eigenvalue weighted by molar-refractivity contribution is -0.108. The second-order valence-corrected chi connectivity index (χ2v) is 6.16. The summed E-state index contributed by atoms with van der Waals surface area (Å²) >= 11 is 11.1. The summed E-state index contributed by atoms with van der Waals surface area (Å²) in [5.41, 5.74) is 2.11. The van der Waals surface area contributed by atoms with Gasteiger partial charge in [0.15, 0.2) is 0 Å². The van der Waals surface area contributed by atoms with Gasteiger partial charge in [0.2, 0.25) is 0 Å². The van der Waals surface area contributed by atoms with Gasteiger partial charge in [0.1, 0.15) is 28.9 Å². The van der Waals surface area contributed by atoms with Crippen LogP contribution in [-0.2, 0) is 16.0 Å². The molecule has 0 unspecified atom stereocenters. The average molecular weight is 375 g/mol. The zero-order valence-electron chi connectivity index (χ0n) is 14.1. The monoisotopic (exact) mass is 374 g/mol. The molecule has 0 amide bonds. The highest BCUT2D eigenvalue weighted by Gasteiger charge is 2.09. The fourth-order valence-electron chi connectivity index (χ4n) is 2.13. The van der Waals surface area contributed by atoms with Crippen LogP contribution in [0.3, 0.4) is 0 Å². The minimum Gasteiger partial charge on any atom is -0.493 e. The minimum absolute atomic E-state index is 0.192. The molecule has 0 heterocycles.